The lowest BCUT2D eigenvalue weighted by Gasteiger charge is -2.10. The molecule has 190 valence electrons. The van der Waals surface area contributed by atoms with E-state index in [4.69, 9.17) is 10.7 Å². The van der Waals surface area contributed by atoms with Crippen molar-refractivity contribution in [1.29, 1.82) is 0 Å². The van der Waals surface area contributed by atoms with Gasteiger partial charge in [-0.1, -0.05) is 55.1 Å². The molecule has 0 bridgehead atoms. The Morgan fingerprint density at radius 2 is 2.00 bits per heavy atom. The predicted octanol–water partition coefficient (Wildman–Crippen LogP) is 6.56. The lowest BCUT2D eigenvalue weighted by molar-refractivity contribution is 0.747. The van der Waals surface area contributed by atoms with E-state index in [1.165, 1.54) is 5.56 Å². The van der Waals surface area contributed by atoms with Gasteiger partial charge < -0.3 is 16.0 Å². The summed E-state index contributed by atoms with van der Waals surface area (Å²) in [6.07, 6.45) is 12.0. The summed E-state index contributed by atoms with van der Waals surface area (Å²) in [4.78, 5) is 18.5. The molecule has 0 radical (unpaired) electrons. The van der Waals surface area contributed by atoms with Crippen LogP contribution in [0.3, 0.4) is 0 Å². The van der Waals surface area contributed by atoms with E-state index in [1.54, 1.807) is 17.5 Å². The topological polar surface area (TPSA) is 92.5 Å². The number of benzene rings is 1. The maximum absolute atomic E-state index is 6.35. The molecule has 0 atom stereocenters. The summed E-state index contributed by atoms with van der Waals surface area (Å²) in [6.45, 7) is 7.52. The Morgan fingerprint density at radius 3 is 2.76 bits per heavy atom. The Labute approximate surface area is 226 Å². The third-order valence-electron chi connectivity index (χ3n) is 6.32. The molecule has 0 saturated carbocycles. The van der Waals surface area contributed by atoms with Gasteiger partial charge in [-0.05, 0) is 52.8 Å². The average Bonchev–Trinajstić information content (AvgIpc) is 3.62. The van der Waals surface area contributed by atoms with Gasteiger partial charge in [-0.15, -0.1) is 11.3 Å². The van der Waals surface area contributed by atoms with Crippen LogP contribution in [0.1, 0.15) is 29.6 Å². The van der Waals surface area contributed by atoms with Gasteiger partial charge in [-0.2, -0.15) is 0 Å². The van der Waals surface area contributed by atoms with Crippen LogP contribution in [-0.4, -0.2) is 26.5 Å². The SMILES string of the molecule is C=C/C(=C\C(=C/C)c1cc(Cc2nc3c(-c4cccs4)cncc3[nH]2)c(N)cn1)CNCc1ccccc1. The van der Waals surface area contributed by atoms with E-state index >= 15 is 0 Å². The molecule has 0 amide bonds. The van der Waals surface area contributed by atoms with E-state index in [0.29, 0.717) is 18.7 Å². The number of hydrogen-bond donors (Lipinski definition) is 3. The van der Waals surface area contributed by atoms with Gasteiger partial charge in [0, 0.05) is 36.1 Å². The van der Waals surface area contributed by atoms with Crippen molar-refractivity contribution in [2.75, 3.05) is 12.3 Å². The summed E-state index contributed by atoms with van der Waals surface area (Å²) in [5.74, 6) is 0.837. The van der Waals surface area contributed by atoms with E-state index in [2.05, 4.69) is 74.7 Å². The van der Waals surface area contributed by atoms with Crippen LogP contribution < -0.4 is 11.1 Å². The lowest BCUT2D eigenvalue weighted by Crippen LogP contribution is -2.16. The number of nitrogen functional groups attached to an aromatic ring is 1. The second-order valence-electron chi connectivity index (χ2n) is 8.95. The summed E-state index contributed by atoms with van der Waals surface area (Å²) in [5.41, 5.74) is 15.0. The number of pyridine rings is 2. The highest BCUT2D eigenvalue weighted by atomic mass is 32.1. The van der Waals surface area contributed by atoms with E-state index in [9.17, 15) is 0 Å². The molecular weight excluding hydrogens is 488 g/mol. The molecule has 0 saturated heterocycles. The summed E-state index contributed by atoms with van der Waals surface area (Å²) in [6, 6.07) is 16.5. The van der Waals surface area contributed by atoms with Gasteiger partial charge in [0.15, 0.2) is 0 Å². The van der Waals surface area contributed by atoms with E-state index in [1.807, 2.05) is 43.6 Å². The highest BCUT2D eigenvalue weighted by Crippen LogP contribution is 2.30. The Kier molecular flexibility index (Phi) is 7.87. The zero-order valence-corrected chi connectivity index (χ0v) is 22.1. The Morgan fingerprint density at radius 1 is 1.13 bits per heavy atom. The molecule has 0 aliphatic carbocycles. The van der Waals surface area contributed by atoms with Crippen LogP contribution in [0.25, 0.3) is 27.0 Å². The average molecular weight is 519 g/mol. The number of hydrogen-bond acceptors (Lipinski definition) is 6. The number of rotatable bonds is 10. The standard InChI is InChI=1S/C31H30N6S/c1-3-21(16-33-17-22-9-6-5-7-10-22)13-23(4-2)27-14-24(26(32)19-35-27)15-30-36-28-20-34-18-25(31(28)37-30)29-11-8-12-38-29/h3-14,18-20,33H,1,15-17,32H2,2H3,(H,36,37)/b21-13+,23-4+. The zero-order valence-electron chi connectivity index (χ0n) is 21.3. The van der Waals surface area contributed by atoms with Crippen molar-refractivity contribution < 1.29 is 0 Å². The second-order valence-corrected chi connectivity index (χ2v) is 9.89. The van der Waals surface area contributed by atoms with Crippen LogP contribution in [0.15, 0.2) is 103 Å². The fourth-order valence-electron chi connectivity index (χ4n) is 4.31. The molecule has 0 spiro atoms. The maximum Gasteiger partial charge on any atom is 0.111 e. The van der Waals surface area contributed by atoms with Crippen LogP contribution in [0.4, 0.5) is 5.69 Å². The highest BCUT2D eigenvalue weighted by Gasteiger charge is 2.13. The molecule has 0 aliphatic heterocycles. The number of thiophene rings is 1. The highest BCUT2D eigenvalue weighted by molar-refractivity contribution is 7.13. The fraction of sp³-hybridized carbons (Fsp3) is 0.129. The molecule has 7 heteroatoms. The fourth-order valence-corrected chi connectivity index (χ4v) is 5.05. The minimum atomic E-state index is 0.563. The van der Waals surface area contributed by atoms with Gasteiger partial charge in [0.25, 0.3) is 0 Å². The van der Waals surface area contributed by atoms with Crippen molar-refractivity contribution in [2.24, 2.45) is 0 Å². The van der Waals surface area contributed by atoms with Crippen LogP contribution in [-0.2, 0) is 13.0 Å². The number of H-pyrrole nitrogens is 1. The molecule has 4 heterocycles. The minimum Gasteiger partial charge on any atom is -0.397 e. The first-order chi connectivity index (χ1) is 18.6. The lowest BCUT2D eigenvalue weighted by atomic mass is 10.0. The number of nitrogens with one attached hydrogen (secondary N) is 2. The first-order valence-electron chi connectivity index (χ1n) is 12.5. The van der Waals surface area contributed by atoms with E-state index in [0.717, 1.165) is 56.2 Å². The molecule has 0 unspecified atom stereocenters. The van der Waals surface area contributed by atoms with Crippen LogP contribution in [0.5, 0.6) is 0 Å². The first-order valence-corrected chi connectivity index (χ1v) is 13.4. The van der Waals surface area contributed by atoms with Crippen molar-refractivity contribution in [1.82, 2.24) is 25.3 Å². The van der Waals surface area contributed by atoms with Gasteiger partial charge in [0.2, 0.25) is 0 Å². The van der Waals surface area contributed by atoms with Crippen molar-refractivity contribution in [3.05, 3.63) is 126 Å². The molecule has 0 fully saturated rings. The molecule has 4 N–H and O–H groups in total. The second kappa shape index (κ2) is 11.8. The number of fused-ring (bicyclic) bond motifs is 1. The number of imidazole rings is 1. The molecule has 5 aromatic rings. The Hall–Kier alpha value is -4.33. The molecule has 4 aromatic heterocycles. The smallest absolute Gasteiger partial charge is 0.111 e. The van der Waals surface area contributed by atoms with Crippen molar-refractivity contribution >= 4 is 33.6 Å². The number of nitrogens with zero attached hydrogens (tertiary/aromatic N) is 3. The van der Waals surface area contributed by atoms with Gasteiger partial charge >= 0.3 is 0 Å². The predicted molar refractivity (Wildman–Crippen MR) is 159 cm³/mol. The molecule has 5 rings (SSSR count). The Balaban J connectivity index is 1.35. The van der Waals surface area contributed by atoms with Crippen LogP contribution >= 0.6 is 11.3 Å². The summed E-state index contributed by atoms with van der Waals surface area (Å²) in [7, 11) is 0. The summed E-state index contributed by atoms with van der Waals surface area (Å²) < 4.78 is 0. The van der Waals surface area contributed by atoms with Crippen LogP contribution in [0.2, 0.25) is 0 Å². The largest absolute Gasteiger partial charge is 0.397 e. The summed E-state index contributed by atoms with van der Waals surface area (Å²) >= 11 is 1.68. The monoisotopic (exact) mass is 518 g/mol. The van der Waals surface area contributed by atoms with Crippen LogP contribution in [0, 0.1) is 0 Å². The van der Waals surface area contributed by atoms with Gasteiger partial charge in [-0.25, -0.2) is 4.98 Å². The first kappa shape index (κ1) is 25.3. The molecule has 0 aliphatic rings. The molecular formula is C31H30N6S. The number of anilines is 1. The van der Waals surface area contributed by atoms with Crippen molar-refractivity contribution in [2.45, 2.75) is 19.9 Å². The van der Waals surface area contributed by atoms with E-state index < -0.39 is 0 Å². The number of allylic oxidation sites excluding steroid dienone is 3. The van der Waals surface area contributed by atoms with Crippen molar-refractivity contribution in [3.8, 4) is 10.4 Å². The normalized spacial score (nSPS) is 12.2. The van der Waals surface area contributed by atoms with Gasteiger partial charge in [0.05, 0.1) is 29.3 Å². The number of aromatic nitrogens is 4. The minimum absolute atomic E-state index is 0.563. The zero-order chi connectivity index (χ0) is 26.3. The van der Waals surface area contributed by atoms with E-state index in [-0.39, 0.29) is 0 Å². The maximum atomic E-state index is 6.35. The third kappa shape index (κ3) is 5.80. The quantitative estimate of drug-likeness (QED) is 0.182. The molecule has 38 heavy (non-hydrogen) atoms. The third-order valence-corrected chi connectivity index (χ3v) is 7.23. The number of aromatic amines is 1. The Bertz CT molecular complexity index is 1600. The molecule has 1 aromatic carbocycles. The number of nitrogens with two attached hydrogens (primary N) is 1. The van der Waals surface area contributed by atoms with Gasteiger partial charge in [-0.3, -0.25) is 9.97 Å². The van der Waals surface area contributed by atoms with Crippen molar-refractivity contribution in [3.63, 3.8) is 0 Å². The summed E-state index contributed by atoms with van der Waals surface area (Å²) in [5, 5.41) is 5.55. The molecule has 6 nitrogen and oxygen atoms in total. The van der Waals surface area contributed by atoms with Gasteiger partial charge in [0.1, 0.15) is 11.3 Å².